The molecule has 1 N–H and O–H groups in total. The summed E-state index contributed by atoms with van der Waals surface area (Å²) in [6.45, 7) is 5.09. The molecule has 2 nitrogen and oxygen atoms in total. The number of fused-ring (bicyclic) bond motifs is 2. The molecule has 0 aliphatic heterocycles. The van der Waals surface area contributed by atoms with Gasteiger partial charge in [-0.2, -0.15) is 0 Å². The van der Waals surface area contributed by atoms with Gasteiger partial charge in [0.15, 0.2) is 0 Å². The lowest BCUT2D eigenvalue weighted by Crippen LogP contribution is -2.48. The first-order chi connectivity index (χ1) is 9.53. The van der Waals surface area contributed by atoms with E-state index in [4.69, 9.17) is 4.74 Å². The van der Waals surface area contributed by atoms with Gasteiger partial charge in [0.25, 0.3) is 0 Å². The third-order valence-electron chi connectivity index (χ3n) is 6.46. The second-order valence-corrected chi connectivity index (χ2v) is 7.51. The van der Waals surface area contributed by atoms with E-state index in [2.05, 4.69) is 19.9 Å². The summed E-state index contributed by atoms with van der Waals surface area (Å²) in [4.78, 5) is 0. The Morgan fingerprint density at radius 2 is 2.15 bits per heavy atom. The molecule has 0 amide bonds. The monoisotopic (exact) mass is 276 g/mol. The van der Waals surface area contributed by atoms with Crippen LogP contribution in [-0.4, -0.2) is 18.8 Å². The second-order valence-electron chi connectivity index (χ2n) is 7.51. The summed E-state index contributed by atoms with van der Waals surface area (Å²) in [5.74, 6) is 1.77. The summed E-state index contributed by atoms with van der Waals surface area (Å²) >= 11 is 0. The van der Waals surface area contributed by atoms with E-state index in [-0.39, 0.29) is 10.8 Å². The van der Waals surface area contributed by atoms with Crippen molar-refractivity contribution in [2.24, 2.45) is 16.7 Å². The molecule has 3 aliphatic rings. The molecule has 1 fully saturated rings. The Labute approximate surface area is 122 Å². The average molecular weight is 276 g/mol. The number of allylic oxidation sites excluding steroid dienone is 3. The van der Waals surface area contributed by atoms with E-state index in [0.29, 0.717) is 12.5 Å². The van der Waals surface area contributed by atoms with Crippen molar-refractivity contribution in [2.75, 3.05) is 13.7 Å². The molecule has 0 spiro atoms. The summed E-state index contributed by atoms with van der Waals surface area (Å²) < 4.78 is 5.52. The molecule has 3 aliphatic carbocycles. The minimum atomic E-state index is 0.111. The topological polar surface area (TPSA) is 29.5 Å². The summed E-state index contributed by atoms with van der Waals surface area (Å²) in [7, 11) is 1.79. The number of rotatable bonds is 2. The molecule has 0 heterocycles. The second kappa shape index (κ2) is 4.91. The Morgan fingerprint density at radius 3 is 2.85 bits per heavy atom. The van der Waals surface area contributed by atoms with E-state index < -0.39 is 0 Å². The first-order valence-corrected chi connectivity index (χ1v) is 8.09. The number of aliphatic hydroxyl groups is 1. The van der Waals surface area contributed by atoms with E-state index in [9.17, 15) is 5.11 Å². The van der Waals surface area contributed by atoms with Gasteiger partial charge in [-0.05, 0) is 54.9 Å². The highest BCUT2D eigenvalue weighted by Gasteiger charge is 2.52. The first kappa shape index (κ1) is 14.2. The fourth-order valence-electron chi connectivity index (χ4n) is 5.26. The standard InChI is InChI=1S/C18H28O2/c1-17(12-19)9-4-10-18(2)15-11-14(20-3)7-5-13(15)6-8-16(17)18/h7,16,19H,4-6,8-12H2,1-3H3. The molecule has 2 heteroatoms. The lowest BCUT2D eigenvalue weighted by molar-refractivity contribution is -0.0395. The SMILES string of the molecule is COC1=CCC2=C(C1)C1(C)CCCC(C)(CO)C1CC2. The normalized spacial score (nSPS) is 40.8. The molecule has 0 aromatic rings. The van der Waals surface area contributed by atoms with Crippen LogP contribution in [0.5, 0.6) is 0 Å². The molecule has 3 atom stereocenters. The van der Waals surface area contributed by atoms with Crippen molar-refractivity contribution < 1.29 is 9.84 Å². The van der Waals surface area contributed by atoms with Gasteiger partial charge in [-0.3, -0.25) is 0 Å². The van der Waals surface area contributed by atoms with Crippen LogP contribution in [-0.2, 0) is 4.74 Å². The molecule has 112 valence electrons. The van der Waals surface area contributed by atoms with E-state index in [0.717, 1.165) is 18.6 Å². The third-order valence-corrected chi connectivity index (χ3v) is 6.46. The Hall–Kier alpha value is -0.760. The van der Waals surface area contributed by atoms with Crippen molar-refractivity contribution in [3.63, 3.8) is 0 Å². The van der Waals surface area contributed by atoms with Gasteiger partial charge in [-0.25, -0.2) is 0 Å². The van der Waals surface area contributed by atoms with Gasteiger partial charge in [-0.1, -0.05) is 31.4 Å². The van der Waals surface area contributed by atoms with Crippen LogP contribution in [0.2, 0.25) is 0 Å². The van der Waals surface area contributed by atoms with Crippen molar-refractivity contribution in [2.45, 2.75) is 58.8 Å². The zero-order valence-electron chi connectivity index (χ0n) is 13.2. The van der Waals surface area contributed by atoms with Crippen molar-refractivity contribution in [1.82, 2.24) is 0 Å². The fourth-order valence-corrected chi connectivity index (χ4v) is 5.26. The van der Waals surface area contributed by atoms with Gasteiger partial charge in [0, 0.05) is 13.0 Å². The molecule has 0 saturated heterocycles. The van der Waals surface area contributed by atoms with Gasteiger partial charge >= 0.3 is 0 Å². The summed E-state index contributed by atoms with van der Waals surface area (Å²) in [6, 6.07) is 0. The van der Waals surface area contributed by atoms with Crippen LogP contribution in [0.1, 0.15) is 58.8 Å². The zero-order chi connectivity index (χ0) is 14.4. The van der Waals surface area contributed by atoms with Crippen molar-refractivity contribution in [3.8, 4) is 0 Å². The average Bonchev–Trinajstić information content (AvgIpc) is 2.46. The summed E-state index contributed by atoms with van der Waals surface area (Å²) in [5.41, 5.74) is 3.69. The Kier molecular flexibility index (Phi) is 3.48. The van der Waals surface area contributed by atoms with Gasteiger partial charge in [0.1, 0.15) is 0 Å². The molecule has 3 rings (SSSR count). The molecule has 0 aromatic heterocycles. The smallest absolute Gasteiger partial charge is 0.0959 e. The lowest BCUT2D eigenvalue weighted by Gasteiger charge is -2.56. The molecular formula is C18H28O2. The molecule has 0 bridgehead atoms. The van der Waals surface area contributed by atoms with Gasteiger partial charge in [0.05, 0.1) is 12.9 Å². The van der Waals surface area contributed by atoms with Crippen LogP contribution in [0.4, 0.5) is 0 Å². The van der Waals surface area contributed by atoms with E-state index in [1.54, 1.807) is 18.3 Å². The van der Waals surface area contributed by atoms with Gasteiger partial charge in [0.2, 0.25) is 0 Å². The van der Waals surface area contributed by atoms with Gasteiger partial charge in [-0.15, -0.1) is 0 Å². The number of methoxy groups -OCH3 is 1. The van der Waals surface area contributed by atoms with Crippen LogP contribution in [0, 0.1) is 16.7 Å². The molecule has 0 radical (unpaired) electrons. The molecule has 20 heavy (non-hydrogen) atoms. The Balaban J connectivity index is 1.97. The maximum atomic E-state index is 9.95. The van der Waals surface area contributed by atoms with Crippen LogP contribution in [0.15, 0.2) is 23.0 Å². The Bertz CT molecular complexity index is 462. The number of ether oxygens (including phenoxy) is 1. The first-order valence-electron chi connectivity index (χ1n) is 8.09. The Morgan fingerprint density at radius 1 is 1.35 bits per heavy atom. The molecule has 1 saturated carbocycles. The van der Waals surface area contributed by atoms with Crippen LogP contribution in [0.25, 0.3) is 0 Å². The number of hydrogen-bond acceptors (Lipinski definition) is 2. The predicted molar refractivity (Wildman–Crippen MR) is 81.2 cm³/mol. The molecule has 3 unspecified atom stereocenters. The van der Waals surface area contributed by atoms with E-state index in [1.807, 2.05) is 0 Å². The van der Waals surface area contributed by atoms with Crippen molar-refractivity contribution in [3.05, 3.63) is 23.0 Å². The largest absolute Gasteiger partial charge is 0.501 e. The van der Waals surface area contributed by atoms with Crippen molar-refractivity contribution >= 4 is 0 Å². The maximum absolute atomic E-state index is 9.95. The minimum Gasteiger partial charge on any atom is -0.501 e. The summed E-state index contributed by atoms with van der Waals surface area (Å²) in [5, 5.41) is 9.95. The number of hydrogen-bond donors (Lipinski definition) is 1. The van der Waals surface area contributed by atoms with Crippen LogP contribution < -0.4 is 0 Å². The third kappa shape index (κ3) is 1.95. The lowest BCUT2D eigenvalue weighted by atomic mass is 9.49. The highest BCUT2D eigenvalue weighted by Crippen LogP contribution is 2.61. The van der Waals surface area contributed by atoms with Gasteiger partial charge < -0.3 is 9.84 Å². The van der Waals surface area contributed by atoms with Crippen molar-refractivity contribution in [1.29, 1.82) is 0 Å². The highest BCUT2D eigenvalue weighted by molar-refractivity contribution is 5.35. The molecular weight excluding hydrogens is 248 g/mol. The quantitative estimate of drug-likeness (QED) is 0.766. The summed E-state index contributed by atoms with van der Waals surface area (Å²) in [6.07, 6.45) is 10.5. The zero-order valence-corrected chi connectivity index (χ0v) is 13.2. The maximum Gasteiger partial charge on any atom is 0.0959 e. The van der Waals surface area contributed by atoms with Crippen LogP contribution in [0.3, 0.4) is 0 Å². The van der Waals surface area contributed by atoms with E-state index in [1.165, 1.54) is 32.1 Å². The van der Waals surface area contributed by atoms with E-state index >= 15 is 0 Å². The predicted octanol–water partition coefficient (Wildman–Crippen LogP) is 4.21. The fraction of sp³-hybridized carbons (Fsp3) is 0.778. The molecule has 0 aromatic carbocycles. The highest BCUT2D eigenvalue weighted by atomic mass is 16.5. The minimum absolute atomic E-state index is 0.111. The number of aliphatic hydroxyl groups excluding tert-OH is 1. The van der Waals surface area contributed by atoms with Crippen LogP contribution >= 0.6 is 0 Å².